The minimum absolute atomic E-state index is 0.0224. The summed E-state index contributed by atoms with van der Waals surface area (Å²) in [6, 6.07) is 3.29. The molecule has 0 atom stereocenters. The molecular weight excluding hydrogens is 237 g/mol. The highest BCUT2D eigenvalue weighted by Crippen LogP contribution is 2.17. The minimum atomic E-state index is 0.0224. The Labute approximate surface area is 95.3 Å². The summed E-state index contributed by atoms with van der Waals surface area (Å²) in [4.78, 5) is 15.4. The van der Waals surface area contributed by atoms with Crippen molar-refractivity contribution in [2.75, 3.05) is 5.73 Å². The lowest BCUT2D eigenvalue weighted by molar-refractivity contribution is 1.04. The maximum absolute atomic E-state index is 5.63. The zero-order chi connectivity index (χ0) is 10.8. The molecule has 0 aliphatic rings. The van der Waals surface area contributed by atoms with Crippen molar-refractivity contribution in [2.24, 2.45) is 0 Å². The van der Waals surface area contributed by atoms with Crippen LogP contribution >= 0.6 is 23.2 Å². The van der Waals surface area contributed by atoms with Crippen LogP contribution in [-0.2, 0) is 0 Å². The third-order valence-electron chi connectivity index (χ3n) is 1.59. The number of aromatic nitrogens is 4. The van der Waals surface area contributed by atoms with E-state index in [1.165, 1.54) is 0 Å². The first-order valence-corrected chi connectivity index (χ1v) is 4.70. The number of nitrogens with zero attached hydrogens (tertiary/aromatic N) is 4. The topological polar surface area (TPSA) is 77.6 Å². The van der Waals surface area contributed by atoms with Gasteiger partial charge >= 0.3 is 0 Å². The van der Waals surface area contributed by atoms with Gasteiger partial charge in [-0.05, 0) is 35.3 Å². The lowest BCUT2D eigenvalue weighted by Gasteiger charge is -2.00. The standard InChI is InChI=1S/C8H5Cl2N5/c9-7-13-6(14-8(10)15-7)5-3-4(11)1-2-12-5/h1-3H,(H2,11,12). The summed E-state index contributed by atoms with van der Waals surface area (Å²) in [6.45, 7) is 0. The molecule has 0 radical (unpaired) electrons. The Bertz CT molecular complexity index is 482. The molecule has 2 aromatic rings. The molecule has 0 unspecified atom stereocenters. The molecule has 0 aliphatic carbocycles. The number of rotatable bonds is 1. The largest absolute Gasteiger partial charge is 0.399 e. The van der Waals surface area contributed by atoms with E-state index in [9.17, 15) is 0 Å². The molecule has 0 saturated heterocycles. The molecule has 0 spiro atoms. The van der Waals surface area contributed by atoms with E-state index in [0.29, 0.717) is 17.2 Å². The van der Waals surface area contributed by atoms with Crippen molar-refractivity contribution in [1.82, 2.24) is 19.9 Å². The number of anilines is 1. The smallest absolute Gasteiger partial charge is 0.227 e. The Morgan fingerprint density at radius 2 is 1.73 bits per heavy atom. The second kappa shape index (κ2) is 3.96. The quantitative estimate of drug-likeness (QED) is 0.825. The summed E-state index contributed by atoms with van der Waals surface area (Å²) in [7, 11) is 0. The highest BCUT2D eigenvalue weighted by Gasteiger charge is 2.07. The summed E-state index contributed by atoms with van der Waals surface area (Å²) in [6.07, 6.45) is 1.55. The fourth-order valence-electron chi connectivity index (χ4n) is 1.01. The van der Waals surface area contributed by atoms with Crippen LogP contribution in [0, 0.1) is 0 Å². The van der Waals surface area contributed by atoms with Gasteiger partial charge in [-0.15, -0.1) is 0 Å². The third-order valence-corrected chi connectivity index (χ3v) is 1.93. The van der Waals surface area contributed by atoms with E-state index in [2.05, 4.69) is 19.9 Å². The van der Waals surface area contributed by atoms with Gasteiger partial charge in [-0.25, -0.2) is 0 Å². The van der Waals surface area contributed by atoms with E-state index in [1.807, 2.05) is 0 Å². The lowest BCUT2D eigenvalue weighted by Crippen LogP contribution is -1.96. The Kier molecular flexibility index (Phi) is 2.66. The second-order valence-electron chi connectivity index (χ2n) is 2.67. The van der Waals surface area contributed by atoms with Crippen LogP contribution in [0.5, 0.6) is 0 Å². The van der Waals surface area contributed by atoms with Crippen LogP contribution in [0.2, 0.25) is 10.6 Å². The molecule has 0 saturated carbocycles. The molecule has 15 heavy (non-hydrogen) atoms. The Hall–Kier alpha value is -1.46. The van der Waals surface area contributed by atoms with Gasteiger partial charge in [0.25, 0.3) is 0 Å². The number of nitrogen functional groups attached to an aromatic ring is 1. The van der Waals surface area contributed by atoms with E-state index >= 15 is 0 Å². The van der Waals surface area contributed by atoms with E-state index in [1.54, 1.807) is 18.3 Å². The maximum Gasteiger partial charge on any atom is 0.227 e. The van der Waals surface area contributed by atoms with Crippen molar-refractivity contribution in [2.45, 2.75) is 0 Å². The molecule has 76 valence electrons. The predicted octanol–water partition coefficient (Wildman–Crippen LogP) is 1.82. The fraction of sp³-hybridized carbons (Fsp3) is 0. The van der Waals surface area contributed by atoms with Crippen molar-refractivity contribution in [3.63, 3.8) is 0 Å². The van der Waals surface area contributed by atoms with Gasteiger partial charge in [0.2, 0.25) is 10.6 Å². The molecule has 0 bridgehead atoms. The molecule has 0 amide bonds. The molecular formula is C8H5Cl2N5. The summed E-state index contributed by atoms with van der Waals surface area (Å²) >= 11 is 11.3. The van der Waals surface area contributed by atoms with Gasteiger partial charge in [0, 0.05) is 11.9 Å². The normalized spacial score (nSPS) is 10.3. The van der Waals surface area contributed by atoms with Crippen LogP contribution in [0.4, 0.5) is 5.69 Å². The first-order chi connectivity index (χ1) is 7.15. The highest BCUT2D eigenvalue weighted by atomic mass is 35.5. The number of hydrogen-bond acceptors (Lipinski definition) is 5. The zero-order valence-corrected chi connectivity index (χ0v) is 8.87. The molecule has 0 aromatic carbocycles. The van der Waals surface area contributed by atoms with Crippen LogP contribution < -0.4 is 5.73 Å². The molecule has 2 heterocycles. The van der Waals surface area contributed by atoms with E-state index in [-0.39, 0.29) is 10.6 Å². The van der Waals surface area contributed by atoms with Crippen molar-refractivity contribution in [1.29, 1.82) is 0 Å². The number of nitrogens with two attached hydrogens (primary N) is 1. The number of pyridine rings is 1. The summed E-state index contributed by atoms with van der Waals surface area (Å²) in [5.74, 6) is 0.298. The first-order valence-electron chi connectivity index (χ1n) is 3.94. The molecule has 2 aromatic heterocycles. The number of halogens is 2. The van der Waals surface area contributed by atoms with Crippen LogP contribution in [0.25, 0.3) is 11.5 Å². The SMILES string of the molecule is Nc1ccnc(-c2nc(Cl)nc(Cl)n2)c1. The van der Waals surface area contributed by atoms with Crippen LogP contribution in [0.1, 0.15) is 0 Å². The van der Waals surface area contributed by atoms with E-state index < -0.39 is 0 Å². The van der Waals surface area contributed by atoms with Crippen LogP contribution in [0.15, 0.2) is 18.3 Å². The monoisotopic (exact) mass is 241 g/mol. The average Bonchev–Trinajstić information content (AvgIpc) is 2.16. The molecule has 0 fully saturated rings. The molecule has 2 N–H and O–H groups in total. The summed E-state index contributed by atoms with van der Waals surface area (Å²) < 4.78 is 0. The van der Waals surface area contributed by atoms with Crippen molar-refractivity contribution in [3.05, 3.63) is 28.9 Å². The predicted molar refractivity (Wildman–Crippen MR) is 57.5 cm³/mol. The molecule has 7 heteroatoms. The van der Waals surface area contributed by atoms with E-state index in [0.717, 1.165) is 0 Å². The lowest BCUT2D eigenvalue weighted by atomic mass is 10.3. The van der Waals surface area contributed by atoms with Gasteiger partial charge < -0.3 is 5.73 Å². The summed E-state index contributed by atoms with van der Waals surface area (Å²) in [5, 5.41) is 0.0449. The van der Waals surface area contributed by atoms with Gasteiger partial charge in [-0.1, -0.05) is 0 Å². The number of hydrogen-bond donors (Lipinski definition) is 1. The van der Waals surface area contributed by atoms with Crippen molar-refractivity contribution >= 4 is 28.9 Å². The minimum Gasteiger partial charge on any atom is -0.399 e. The van der Waals surface area contributed by atoms with E-state index in [4.69, 9.17) is 28.9 Å². The first kappa shape index (κ1) is 10.1. The van der Waals surface area contributed by atoms with Crippen LogP contribution in [-0.4, -0.2) is 19.9 Å². The van der Waals surface area contributed by atoms with Crippen molar-refractivity contribution < 1.29 is 0 Å². The molecule has 5 nitrogen and oxygen atoms in total. The second-order valence-corrected chi connectivity index (χ2v) is 3.35. The van der Waals surface area contributed by atoms with Crippen molar-refractivity contribution in [3.8, 4) is 11.5 Å². The fourth-order valence-corrected chi connectivity index (χ4v) is 1.37. The highest BCUT2D eigenvalue weighted by molar-refractivity contribution is 6.31. The van der Waals surface area contributed by atoms with Gasteiger partial charge in [-0.3, -0.25) is 4.98 Å². The van der Waals surface area contributed by atoms with Gasteiger partial charge in [0.05, 0.1) is 0 Å². The zero-order valence-electron chi connectivity index (χ0n) is 7.35. The van der Waals surface area contributed by atoms with Gasteiger partial charge in [0.15, 0.2) is 5.82 Å². The summed E-state index contributed by atoms with van der Waals surface area (Å²) in [5.41, 5.74) is 6.66. The molecule has 2 rings (SSSR count). The third kappa shape index (κ3) is 2.31. The van der Waals surface area contributed by atoms with Gasteiger partial charge in [0.1, 0.15) is 5.69 Å². The van der Waals surface area contributed by atoms with Crippen LogP contribution in [0.3, 0.4) is 0 Å². The Balaban J connectivity index is 2.54. The maximum atomic E-state index is 5.63. The Morgan fingerprint density at radius 1 is 1.07 bits per heavy atom. The average molecular weight is 242 g/mol. The Morgan fingerprint density at radius 3 is 2.33 bits per heavy atom. The van der Waals surface area contributed by atoms with Gasteiger partial charge in [-0.2, -0.15) is 15.0 Å². The molecule has 0 aliphatic heterocycles.